The summed E-state index contributed by atoms with van der Waals surface area (Å²) in [6.45, 7) is 4.73. The average molecular weight is 441 g/mol. The number of hydrogen-bond acceptors (Lipinski definition) is 2. The highest BCUT2D eigenvalue weighted by Gasteiger charge is 2.61. The quantitative estimate of drug-likeness (QED) is 0.656. The maximum atomic E-state index is 13.3. The van der Waals surface area contributed by atoms with Crippen molar-refractivity contribution in [2.45, 2.75) is 58.4 Å². The molecule has 4 nitrogen and oxygen atoms in total. The summed E-state index contributed by atoms with van der Waals surface area (Å²) in [5, 5.41) is 3.71. The van der Waals surface area contributed by atoms with Gasteiger partial charge in [-0.1, -0.05) is 43.7 Å². The largest absolute Gasteiger partial charge is 0.338 e. The Hall–Kier alpha value is -1.81. The minimum absolute atomic E-state index is 0.0337. The van der Waals surface area contributed by atoms with E-state index in [0.717, 1.165) is 38.5 Å². The second-order valence-corrected chi connectivity index (χ2v) is 11.2. The molecule has 4 aliphatic rings. The lowest BCUT2D eigenvalue weighted by Crippen LogP contribution is -2.59. The highest BCUT2D eigenvalue weighted by Crippen LogP contribution is 2.65. The third-order valence-electron chi connectivity index (χ3n) is 9.58. The molecule has 1 aromatic carbocycles. The number of carbonyl (C=O) groups is 2. The number of carbonyl (C=O) groups excluding carboxylic acids is 2. The summed E-state index contributed by atoms with van der Waals surface area (Å²) in [7, 11) is 1.96. The number of halogens is 1. The number of amides is 2. The highest BCUT2D eigenvalue weighted by atomic mass is 35.5. The summed E-state index contributed by atoms with van der Waals surface area (Å²) in [5.74, 6) is 2.08. The predicted octanol–water partition coefficient (Wildman–Crippen LogP) is 5.53. The summed E-state index contributed by atoms with van der Waals surface area (Å²) in [5.41, 5.74) is 0.795. The van der Waals surface area contributed by atoms with Crippen molar-refractivity contribution in [2.75, 3.05) is 12.4 Å². The molecule has 31 heavy (non-hydrogen) atoms. The summed E-state index contributed by atoms with van der Waals surface area (Å²) >= 11 is 6.29. The van der Waals surface area contributed by atoms with E-state index in [1.54, 1.807) is 6.08 Å². The summed E-state index contributed by atoms with van der Waals surface area (Å²) in [4.78, 5) is 27.6. The van der Waals surface area contributed by atoms with E-state index in [2.05, 4.69) is 25.2 Å². The van der Waals surface area contributed by atoms with Gasteiger partial charge in [-0.25, -0.2) is 0 Å². The number of rotatable bonds is 2. The molecule has 0 radical (unpaired) electrons. The van der Waals surface area contributed by atoms with Gasteiger partial charge >= 0.3 is 0 Å². The number of fused-ring (bicyclic) bond motifs is 5. The first-order chi connectivity index (χ1) is 14.8. The van der Waals surface area contributed by atoms with Crippen LogP contribution in [0.25, 0.3) is 0 Å². The fraction of sp³-hybridized carbons (Fsp3) is 0.615. The molecular weight excluding hydrogens is 408 g/mol. The zero-order valence-corrected chi connectivity index (χ0v) is 19.5. The lowest BCUT2D eigenvalue weighted by molar-refractivity contribution is -0.141. The third-order valence-corrected chi connectivity index (χ3v) is 9.91. The normalized spacial score (nSPS) is 41.4. The Kier molecular flexibility index (Phi) is 5.00. The zero-order valence-electron chi connectivity index (χ0n) is 18.7. The van der Waals surface area contributed by atoms with E-state index in [1.165, 1.54) is 0 Å². The van der Waals surface area contributed by atoms with Crippen LogP contribution in [0.15, 0.2) is 36.4 Å². The molecule has 1 N–H and O–H groups in total. The van der Waals surface area contributed by atoms with Gasteiger partial charge in [-0.15, -0.1) is 0 Å². The molecule has 7 unspecified atom stereocenters. The predicted molar refractivity (Wildman–Crippen MR) is 124 cm³/mol. The number of nitrogens with zero attached hydrogens (tertiary/aromatic N) is 1. The molecule has 0 bridgehead atoms. The molecule has 3 saturated carbocycles. The summed E-state index contributed by atoms with van der Waals surface area (Å²) in [6, 6.07) is 7.79. The Morgan fingerprint density at radius 2 is 1.87 bits per heavy atom. The summed E-state index contributed by atoms with van der Waals surface area (Å²) < 4.78 is 0. The monoisotopic (exact) mass is 440 g/mol. The van der Waals surface area contributed by atoms with Gasteiger partial charge in [0.25, 0.3) is 0 Å². The maximum Gasteiger partial charge on any atom is 0.246 e. The van der Waals surface area contributed by atoms with Crippen molar-refractivity contribution in [3.8, 4) is 0 Å². The van der Waals surface area contributed by atoms with Crippen LogP contribution >= 0.6 is 11.6 Å². The van der Waals surface area contributed by atoms with Gasteiger partial charge in [0, 0.05) is 24.4 Å². The van der Waals surface area contributed by atoms with E-state index in [0.29, 0.717) is 34.5 Å². The maximum absolute atomic E-state index is 13.3. The number of benzene rings is 1. The van der Waals surface area contributed by atoms with Crippen LogP contribution in [0.4, 0.5) is 5.69 Å². The molecule has 2 amide bonds. The Morgan fingerprint density at radius 3 is 2.65 bits per heavy atom. The zero-order chi connectivity index (χ0) is 22.0. The van der Waals surface area contributed by atoms with Crippen molar-refractivity contribution in [3.05, 3.63) is 41.4 Å². The number of anilines is 1. The van der Waals surface area contributed by atoms with E-state index in [-0.39, 0.29) is 28.6 Å². The number of nitrogens with one attached hydrogen (secondary N) is 1. The standard InChI is InChI=1S/C26H33ClN2O2/c1-25-14-12-18-16(8-11-22-26(18,2)15-13-23(30)29(22)3)17(25)9-10-19(25)24(31)28-21-7-5-4-6-20(21)27/h4-7,13,15-19,22H,8-12,14H2,1-3H3,(H,28,31). The molecule has 0 saturated heterocycles. The van der Waals surface area contributed by atoms with Gasteiger partial charge in [0.1, 0.15) is 0 Å². The first kappa shape index (κ1) is 21.1. The van der Waals surface area contributed by atoms with Crippen LogP contribution in [0.3, 0.4) is 0 Å². The lowest BCUT2D eigenvalue weighted by Gasteiger charge is -2.60. The van der Waals surface area contributed by atoms with Crippen molar-refractivity contribution < 1.29 is 9.59 Å². The van der Waals surface area contributed by atoms with Crippen molar-refractivity contribution in [1.29, 1.82) is 0 Å². The van der Waals surface area contributed by atoms with Crippen LogP contribution in [0, 0.1) is 34.5 Å². The van der Waals surface area contributed by atoms with Crippen LogP contribution in [0.1, 0.15) is 52.4 Å². The van der Waals surface area contributed by atoms with Crippen LogP contribution < -0.4 is 5.32 Å². The minimum atomic E-state index is 0.0337. The molecule has 166 valence electrons. The third kappa shape index (κ3) is 3.08. The van der Waals surface area contributed by atoms with Gasteiger partial charge < -0.3 is 10.2 Å². The molecule has 0 aromatic heterocycles. The van der Waals surface area contributed by atoms with Gasteiger partial charge in [-0.2, -0.15) is 0 Å². The molecule has 7 atom stereocenters. The molecule has 1 aliphatic heterocycles. The van der Waals surface area contributed by atoms with Crippen LogP contribution in [0.2, 0.25) is 5.02 Å². The Balaban J connectivity index is 1.38. The van der Waals surface area contributed by atoms with E-state index in [1.807, 2.05) is 36.2 Å². The smallest absolute Gasteiger partial charge is 0.246 e. The lowest BCUT2D eigenvalue weighted by atomic mass is 9.47. The summed E-state index contributed by atoms with van der Waals surface area (Å²) in [6.07, 6.45) is 10.5. The van der Waals surface area contributed by atoms with Crippen LogP contribution in [-0.2, 0) is 9.59 Å². The first-order valence-corrected chi connectivity index (χ1v) is 12.1. The van der Waals surface area contributed by atoms with Gasteiger partial charge in [0.05, 0.1) is 10.7 Å². The molecule has 3 fully saturated rings. The van der Waals surface area contributed by atoms with Crippen molar-refractivity contribution in [1.82, 2.24) is 4.90 Å². The van der Waals surface area contributed by atoms with Gasteiger partial charge in [0.15, 0.2) is 0 Å². The second kappa shape index (κ2) is 7.37. The van der Waals surface area contributed by atoms with Gasteiger partial charge in [-0.3, -0.25) is 9.59 Å². The Labute approximate surface area is 190 Å². The molecule has 0 spiro atoms. The van der Waals surface area contributed by atoms with Gasteiger partial charge in [0.2, 0.25) is 11.8 Å². The number of likely N-dealkylation sites (N-methyl/N-ethyl adjacent to an activating group) is 1. The van der Waals surface area contributed by atoms with E-state index < -0.39 is 0 Å². The van der Waals surface area contributed by atoms with Crippen molar-refractivity contribution in [2.24, 2.45) is 34.5 Å². The number of hydrogen-bond donors (Lipinski definition) is 1. The molecule has 5 rings (SSSR count). The van der Waals surface area contributed by atoms with Crippen LogP contribution in [-0.4, -0.2) is 29.8 Å². The number of para-hydroxylation sites is 1. The molecule has 1 heterocycles. The molecule has 3 aliphatic carbocycles. The Morgan fingerprint density at radius 1 is 1.10 bits per heavy atom. The SMILES string of the molecule is CN1C(=O)C=CC2(C)C3CCC4(C)C(C(=O)Nc5ccccc5Cl)CCC4C3CCC12. The molecule has 1 aromatic rings. The van der Waals surface area contributed by atoms with Crippen molar-refractivity contribution >= 4 is 29.1 Å². The highest BCUT2D eigenvalue weighted by molar-refractivity contribution is 6.33. The Bertz CT molecular complexity index is 945. The van der Waals surface area contributed by atoms with Gasteiger partial charge in [-0.05, 0) is 79.9 Å². The first-order valence-electron chi connectivity index (χ1n) is 11.8. The average Bonchev–Trinajstić information content (AvgIpc) is 3.10. The topological polar surface area (TPSA) is 49.4 Å². The molecular formula is C26H33ClN2O2. The van der Waals surface area contributed by atoms with Crippen molar-refractivity contribution in [3.63, 3.8) is 0 Å². The minimum Gasteiger partial charge on any atom is -0.338 e. The van der Waals surface area contributed by atoms with E-state index in [4.69, 9.17) is 11.6 Å². The van der Waals surface area contributed by atoms with Crippen LogP contribution in [0.5, 0.6) is 0 Å². The van der Waals surface area contributed by atoms with E-state index in [9.17, 15) is 9.59 Å². The molecule has 5 heteroatoms. The fourth-order valence-corrected chi connectivity index (χ4v) is 8.13. The fourth-order valence-electron chi connectivity index (χ4n) is 7.95. The van der Waals surface area contributed by atoms with E-state index >= 15 is 0 Å². The second-order valence-electron chi connectivity index (χ2n) is 10.8.